The van der Waals surface area contributed by atoms with Crippen LogP contribution in [0, 0.1) is 5.92 Å². The summed E-state index contributed by atoms with van der Waals surface area (Å²) >= 11 is 7.01. The van der Waals surface area contributed by atoms with Gasteiger partial charge in [-0.05, 0) is 35.4 Å². The number of nitrogens with one attached hydrogen (secondary N) is 1. The maximum absolute atomic E-state index is 5.10. The Morgan fingerprint density at radius 1 is 0.958 bits per heavy atom. The average molecular weight is 452 g/mol. The molecule has 0 aliphatic carbocycles. The lowest BCUT2D eigenvalue weighted by Gasteiger charge is -2.37. The average Bonchev–Trinajstić information content (AvgIpc) is 2.58. The van der Waals surface area contributed by atoms with E-state index in [2.05, 4.69) is 97.8 Å². The predicted octanol–water partition coefficient (Wildman–Crippen LogP) is 5.63. The lowest BCUT2D eigenvalue weighted by Crippen LogP contribution is -2.41. The molecule has 24 heavy (non-hydrogen) atoms. The molecular weight excluding hydrogens is 432 g/mol. The predicted molar refractivity (Wildman–Crippen MR) is 105 cm³/mol. The Hall–Kier alpha value is -1.17. The maximum atomic E-state index is 5.10. The van der Waals surface area contributed by atoms with E-state index in [1.165, 1.54) is 11.1 Å². The molecule has 0 spiro atoms. The summed E-state index contributed by atoms with van der Waals surface area (Å²) < 4.78 is 2.18. The van der Waals surface area contributed by atoms with Crippen molar-refractivity contribution in [3.05, 3.63) is 68.6 Å². The first-order chi connectivity index (χ1) is 11.6. The van der Waals surface area contributed by atoms with Crippen molar-refractivity contribution in [3.8, 4) is 0 Å². The number of piperidine rings is 1. The minimum Gasteiger partial charge on any atom is -0.399 e. The zero-order valence-electron chi connectivity index (χ0n) is 13.7. The summed E-state index contributed by atoms with van der Waals surface area (Å²) in [6.07, 6.45) is 0.851. The molecule has 2 aromatic rings. The van der Waals surface area contributed by atoms with E-state index in [1.54, 1.807) is 7.11 Å². The van der Waals surface area contributed by atoms with Gasteiger partial charge in [0.05, 0.1) is 5.71 Å². The molecule has 0 aromatic heterocycles. The zero-order chi connectivity index (χ0) is 17.1. The number of nitrogens with zero attached hydrogens (tertiary/aromatic N) is 1. The Morgan fingerprint density at radius 3 is 2.04 bits per heavy atom. The molecule has 1 aliphatic rings. The van der Waals surface area contributed by atoms with Crippen LogP contribution in [0.2, 0.25) is 0 Å². The van der Waals surface area contributed by atoms with Crippen molar-refractivity contribution in [2.45, 2.75) is 25.4 Å². The molecule has 126 valence electrons. The van der Waals surface area contributed by atoms with Gasteiger partial charge in [0.1, 0.15) is 7.11 Å². The second kappa shape index (κ2) is 7.81. The van der Waals surface area contributed by atoms with Crippen molar-refractivity contribution in [2.75, 3.05) is 7.11 Å². The van der Waals surface area contributed by atoms with Gasteiger partial charge < -0.3 is 10.2 Å². The lowest BCUT2D eigenvalue weighted by atomic mass is 9.81. The highest BCUT2D eigenvalue weighted by atomic mass is 79.9. The Kier molecular flexibility index (Phi) is 5.74. The molecule has 0 bridgehead atoms. The van der Waals surface area contributed by atoms with E-state index in [-0.39, 0.29) is 18.0 Å². The van der Waals surface area contributed by atoms with Crippen LogP contribution in [0.25, 0.3) is 0 Å². The Labute approximate surface area is 159 Å². The van der Waals surface area contributed by atoms with Crippen molar-refractivity contribution in [1.82, 2.24) is 5.32 Å². The van der Waals surface area contributed by atoms with Gasteiger partial charge in [-0.3, -0.25) is 0 Å². The van der Waals surface area contributed by atoms with Crippen LogP contribution < -0.4 is 5.32 Å². The molecule has 0 saturated carbocycles. The molecule has 3 atom stereocenters. The highest BCUT2D eigenvalue weighted by Gasteiger charge is 2.34. The van der Waals surface area contributed by atoms with Gasteiger partial charge in [0.25, 0.3) is 0 Å². The van der Waals surface area contributed by atoms with Gasteiger partial charge >= 0.3 is 0 Å². The highest BCUT2D eigenvalue weighted by Crippen LogP contribution is 2.36. The molecule has 1 N–H and O–H groups in total. The van der Waals surface area contributed by atoms with Crippen molar-refractivity contribution >= 4 is 37.6 Å². The van der Waals surface area contributed by atoms with Crippen molar-refractivity contribution in [1.29, 1.82) is 0 Å². The molecule has 1 fully saturated rings. The first-order valence-corrected chi connectivity index (χ1v) is 9.54. The third kappa shape index (κ3) is 3.90. The third-order valence-electron chi connectivity index (χ3n) is 4.53. The van der Waals surface area contributed by atoms with Gasteiger partial charge in [-0.1, -0.05) is 68.2 Å². The summed E-state index contributed by atoms with van der Waals surface area (Å²) in [7, 11) is 1.62. The summed E-state index contributed by atoms with van der Waals surface area (Å²) in [4.78, 5) is 5.10. The largest absolute Gasteiger partial charge is 0.399 e. The van der Waals surface area contributed by atoms with Crippen LogP contribution in [0.4, 0.5) is 0 Å². The number of hydrogen-bond donors (Lipinski definition) is 1. The molecular formula is C19H20Br2N2O. The van der Waals surface area contributed by atoms with E-state index >= 15 is 0 Å². The molecule has 0 radical (unpaired) electrons. The van der Waals surface area contributed by atoms with Crippen molar-refractivity contribution in [2.24, 2.45) is 11.1 Å². The van der Waals surface area contributed by atoms with E-state index in [9.17, 15) is 0 Å². The van der Waals surface area contributed by atoms with Crippen LogP contribution in [0.15, 0.2) is 62.6 Å². The van der Waals surface area contributed by atoms with E-state index < -0.39 is 0 Å². The number of oxime groups is 1. The fourth-order valence-electron chi connectivity index (χ4n) is 3.21. The van der Waals surface area contributed by atoms with E-state index in [1.807, 2.05) is 0 Å². The smallest absolute Gasteiger partial charge is 0.106 e. The van der Waals surface area contributed by atoms with E-state index in [0.717, 1.165) is 21.1 Å². The SMILES string of the molecule is CO/N=C1\CC(c2ccc(Br)cc2)NC(c2ccc(Br)cc2)C1C. The standard InChI is InChI=1S/C19H20Br2N2O/c1-12-17(23-24-2)11-18(13-3-7-15(20)8-4-13)22-19(12)14-5-9-16(21)10-6-14/h3-10,12,18-19,22H,11H2,1-2H3/b23-17+. The summed E-state index contributed by atoms with van der Waals surface area (Å²) in [5.74, 6) is 0.276. The fourth-order valence-corrected chi connectivity index (χ4v) is 3.74. The van der Waals surface area contributed by atoms with Crippen LogP contribution >= 0.6 is 31.9 Å². The number of benzene rings is 2. The van der Waals surface area contributed by atoms with Crippen molar-refractivity contribution < 1.29 is 4.84 Å². The Morgan fingerprint density at radius 2 is 1.50 bits per heavy atom. The third-order valence-corrected chi connectivity index (χ3v) is 5.59. The highest BCUT2D eigenvalue weighted by molar-refractivity contribution is 9.10. The molecule has 1 aliphatic heterocycles. The van der Waals surface area contributed by atoms with Crippen molar-refractivity contribution in [3.63, 3.8) is 0 Å². The summed E-state index contributed by atoms with van der Waals surface area (Å²) in [5, 5.41) is 8.11. The van der Waals surface area contributed by atoms with Gasteiger partial charge in [0.15, 0.2) is 0 Å². The molecule has 2 aromatic carbocycles. The normalized spacial score (nSPS) is 25.7. The molecule has 1 heterocycles. The Balaban J connectivity index is 1.93. The minimum absolute atomic E-state index is 0.203. The molecule has 0 amide bonds. The first kappa shape index (κ1) is 17.6. The minimum atomic E-state index is 0.203. The fraction of sp³-hybridized carbons (Fsp3) is 0.316. The topological polar surface area (TPSA) is 33.6 Å². The van der Waals surface area contributed by atoms with Crippen LogP contribution in [0.1, 0.15) is 36.6 Å². The molecule has 1 saturated heterocycles. The molecule has 3 nitrogen and oxygen atoms in total. The number of rotatable bonds is 3. The molecule has 3 rings (SSSR count). The van der Waals surface area contributed by atoms with Crippen LogP contribution in [0.3, 0.4) is 0 Å². The van der Waals surface area contributed by atoms with Crippen LogP contribution in [0.5, 0.6) is 0 Å². The van der Waals surface area contributed by atoms with Crippen LogP contribution in [-0.2, 0) is 4.84 Å². The van der Waals surface area contributed by atoms with Crippen LogP contribution in [-0.4, -0.2) is 12.8 Å². The van der Waals surface area contributed by atoms with Gasteiger partial charge in [0.2, 0.25) is 0 Å². The molecule has 3 unspecified atom stereocenters. The van der Waals surface area contributed by atoms with Gasteiger partial charge in [-0.25, -0.2) is 0 Å². The Bertz CT molecular complexity index is 713. The number of hydrogen-bond acceptors (Lipinski definition) is 3. The molecule has 5 heteroatoms. The second-order valence-electron chi connectivity index (χ2n) is 6.06. The second-order valence-corrected chi connectivity index (χ2v) is 7.89. The lowest BCUT2D eigenvalue weighted by molar-refractivity contribution is 0.205. The number of halogens is 2. The zero-order valence-corrected chi connectivity index (χ0v) is 16.8. The summed E-state index contributed by atoms with van der Waals surface area (Å²) in [6.45, 7) is 2.20. The van der Waals surface area contributed by atoms with E-state index in [4.69, 9.17) is 4.84 Å². The first-order valence-electron chi connectivity index (χ1n) is 7.95. The summed E-state index contributed by atoms with van der Waals surface area (Å²) in [5.41, 5.74) is 3.62. The summed E-state index contributed by atoms with van der Waals surface area (Å²) in [6, 6.07) is 17.4. The monoisotopic (exact) mass is 450 g/mol. The van der Waals surface area contributed by atoms with E-state index in [0.29, 0.717) is 0 Å². The quantitative estimate of drug-likeness (QED) is 0.613. The van der Waals surface area contributed by atoms with Gasteiger partial charge in [-0.2, -0.15) is 0 Å². The maximum Gasteiger partial charge on any atom is 0.106 e. The van der Waals surface area contributed by atoms with Gasteiger partial charge in [0, 0.05) is 33.4 Å². The van der Waals surface area contributed by atoms with Gasteiger partial charge in [-0.15, -0.1) is 0 Å².